The summed E-state index contributed by atoms with van der Waals surface area (Å²) in [5.41, 5.74) is 2.39. The molecule has 1 aromatic heterocycles. The maximum absolute atomic E-state index is 11.5. The summed E-state index contributed by atoms with van der Waals surface area (Å²) in [5, 5.41) is 17.6. The Hall–Kier alpha value is -2.70. The third kappa shape index (κ3) is 3.94. The lowest BCUT2D eigenvalue weighted by Gasteiger charge is -2.21. The van der Waals surface area contributed by atoms with Crippen LogP contribution in [0.15, 0.2) is 24.5 Å². The van der Waals surface area contributed by atoms with Crippen molar-refractivity contribution in [2.75, 3.05) is 10.6 Å². The molecule has 0 aliphatic carbocycles. The molecule has 2 aromatic rings. The van der Waals surface area contributed by atoms with E-state index in [9.17, 15) is 10.1 Å². The maximum Gasteiger partial charge on any atom is 0.353 e. The Morgan fingerprint density at radius 2 is 1.78 bits per heavy atom. The summed E-state index contributed by atoms with van der Waals surface area (Å²) in [6, 6.07) is 5.75. The number of benzene rings is 1. The fourth-order valence-corrected chi connectivity index (χ4v) is 2.10. The number of rotatable bonds is 4. The Morgan fingerprint density at radius 1 is 1.13 bits per heavy atom. The van der Waals surface area contributed by atoms with Gasteiger partial charge in [0.2, 0.25) is 11.6 Å². The molecule has 7 nitrogen and oxygen atoms in total. The van der Waals surface area contributed by atoms with Gasteiger partial charge in [-0.1, -0.05) is 12.1 Å². The van der Waals surface area contributed by atoms with Gasteiger partial charge in [-0.3, -0.25) is 10.1 Å². The molecule has 0 amide bonds. The first kappa shape index (κ1) is 16.7. The molecule has 2 rings (SSSR count). The summed E-state index contributed by atoms with van der Waals surface area (Å²) in [5.74, 6) is 0.371. The van der Waals surface area contributed by atoms with E-state index in [2.05, 4.69) is 20.6 Å². The Balaban J connectivity index is 2.48. The molecule has 0 unspecified atom stereocenters. The number of nitrogens with zero attached hydrogens (tertiary/aromatic N) is 3. The summed E-state index contributed by atoms with van der Waals surface area (Å²) >= 11 is 0. The lowest BCUT2D eigenvalue weighted by Crippen LogP contribution is -2.27. The van der Waals surface area contributed by atoms with Crippen LogP contribution in [0.3, 0.4) is 0 Å². The van der Waals surface area contributed by atoms with Crippen LogP contribution < -0.4 is 10.6 Å². The van der Waals surface area contributed by atoms with Crippen LogP contribution in [0, 0.1) is 24.0 Å². The summed E-state index contributed by atoms with van der Waals surface area (Å²) in [7, 11) is 0. The van der Waals surface area contributed by atoms with Crippen molar-refractivity contribution in [1.29, 1.82) is 0 Å². The van der Waals surface area contributed by atoms with E-state index in [1.165, 1.54) is 6.33 Å². The van der Waals surface area contributed by atoms with E-state index in [0.29, 0.717) is 0 Å². The van der Waals surface area contributed by atoms with Crippen LogP contribution in [-0.2, 0) is 0 Å². The Kier molecular flexibility index (Phi) is 4.49. The molecule has 0 saturated heterocycles. The fraction of sp³-hybridized carbons (Fsp3) is 0.375. The number of aromatic nitrogens is 2. The highest BCUT2D eigenvalue weighted by Gasteiger charge is 2.26. The average molecular weight is 315 g/mol. The SMILES string of the molecule is Cc1cccc(Nc2ncnc(NC(C)(C)C)c2[N+](=O)[O-])c1C. The van der Waals surface area contributed by atoms with Crippen LogP contribution >= 0.6 is 0 Å². The first-order valence-corrected chi connectivity index (χ1v) is 7.30. The van der Waals surface area contributed by atoms with E-state index in [-0.39, 0.29) is 22.9 Å². The van der Waals surface area contributed by atoms with Crippen molar-refractivity contribution >= 4 is 23.0 Å². The zero-order valence-electron chi connectivity index (χ0n) is 14.0. The second-order valence-corrected chi connectivity index (χ2v) is 6.42. The lowest BCUT2D eigenvalue weighted by molar-refractivity contribution is -0.383. The van der Waals surface area contributed by atoms with Gasteiger partial charge in [-0.05, 0) is 51.8 Å². The molecule has 2 N–H and O–H groups in total. The van der Waals surface area contributed by atoms with Crippen molar-refractivity contribution in [1.82, 2.24) is 9.97 Å². The molecule has 0 atom stereocenters. The van der Waals surface area contributed by atoms with Crippen LogP contribution in [-0.4, -0.2) is 20.4 Å². The molecule has 1 heterocycles. The van der Waals surface area contributed by atoms with Gasteiger partial charge in [-0.15, -0.1) is 0 Å². The normalized spacial score (nSPS) is 11.2. The Labute approximate surface area is 135 Å². The van der Waals surface area contributed by atoms with Crippen LogP contribution in [0.4, 0.5) is 23.0 Å². The van der Waals surface area contributed by atoms with Gasteiger partial charge in [-0.25, -0.2) is 9.97 Å². The van der Waals surface area contributed by atoms with Gasteiger partial charge in [0, 0.05) is 11.2 Å². The van der Waals surface area contributed by atoms with E-state index in [1.54, 1.807) is 0 Å². The standard InChI is InChI=1S/C16H21N5O2/c1-10-7-6-8-12(11(10)2)19-14-13(21(22)23)15(18-9-17-14)20-16(3,4)5/h6-9H,1-5H3,(H2,17,18,19,20). The van der Waals surface area contributed by atoms with E-state index >= 15 is 0 Å². The van der Waals surface area contributed by atoms with Gasteiger partial charge in [0.1, 0.15) is 6.33 Å². The second kappa shape index (κ2) is 6.20. The first-order chi connectivity index (χ1) is 10.7. The highest BCUT2D eigenvalue weighted by molar-refractivity contribution is 5.75. The summed E-state index contributed by atoms with van der Waals surface area (Å²) in [4.78, 5) is 19.1. The largest absolute Gasteiger partial charge is 0.360 e. The first-order valence-electron chi connectivity index (χ1n) is 7.30. The van der Waals surface area contributed by atoms with Gasteiger partial charge in [-0.2, -0.15) is 0 Å². The van der Waals surface area contributed by atoms with Gasteiger partial charge in [0.05, 0.1) is 4.92 Å². The van der Waals surface area contributed by atoms with E-state index < -0.39 is 4.92 Å². The predicted octanol–water partition coefficient (Wildman–Crippen LogP) is 3.96. The van der Waals surface area contributed by atoms with Crippen LogP contribution in [0.5, 0.6) is 0 Å². The summed E-state index contributed by atoms with van der Waals surface area (Å²) in [6.07, 6.45) is 1.31. The third-order valence-corrected chi connectivity index (χ3v) is 3.36. The Bertz CT molecular complexity index is 738. The minimum absolute atomic E-state index is 0.164. The van der Waals surface area contributed by atoms with Gasteiger partial charge < -0.3 is 10.6 Å². The summed E-state index contributed by atoms with van der Waals surface area (Å²) < 4.78 is 0. The lowest BCUT2D eigenvalue weighted by atomic mass is 10.1. The molecule has 0 spiro atoms. The number of aryl methyl sites for hydroxylation is 1. The molecule has 0 bridgehead atoms. The van der Waals surface area contributed by atoms with E-state index in [1.807, 2.05) is 52.8 Å². The number of nitrogens with one attached hydrogen (secondary N) is 2. The molecule has 0 aliphatic heterocycles. The smallest absolute Gasteiger partial charge is 0.353 e. The third-order valence-electron chi connectivity index (χ3n) is 3.36. The van der Waals surface area contributed by atoms with Crippen LogP contribution in [0.1, 0.15) is 31.9 Å². The molecule has 0 radical (unpaired) electrons. The Morgan fingerprint density at radius 3 is 2.39 bits per heavy atom. The minimum Gasteiger partial charge on any atom is -0.360 e. The molecule has 23 heavy (non-hydrogen) atoms. The van der Waals surface area contributed by atoms with Crippen molar-refractivity contribution in [2.45, 2.75) is 40.2 Å². The van der Waals surface area contributed by atoms with Gasteiger partial charge in [0.15, 0.2) is 0 Å². The maximum atomic E-state index is 11.5. The van der Waals surface area contributed by atoms with Crippen molar-refractivity contribution in [2.24, 2.45) is 0 Å². The van der Waals surface area contributed by atoms with Crippen molar-refractivity contribution in [3.05, 3.63) is 45.8 Å². The molecular weight excluding hydrogens is 294 g/mol. The number of hydrogen-bond acceptors (Lipinski definition) is 6. The monoisotopic (exact) mass is 315 g/mol. The zero-order chi connectivity index (χ0) is 17.2. The summed E-state index contributed by atoms with van der Waals surface area (Å²) in [6.45, 7) is 9.68. The molecule has 1 aromatic carbocycles. The topological polar surface area (TPSA) is 93.0 Å². The average Bonchev–Trinajstić information content (AvgIpc) is 2.42. The van der Waals surface area contributed by atoms with Gasteiger partial charge >= 0.3 is 5.69 Å². The molecular formula is C16H21N5O2. The molecule has 7 heteroatoms. The van der Waals surface area contributed by atoms with E-state index in [0.717, 1.165) is 16.8 Å². The molecule has 0 aliphatic rings. The zero-order valence-corrected chi connectivity index (χ0v) is 14.0. The van der Waals surface area contributed by atoms with Crippen molar-refractivity contribution in [3.8, 4) is 0 Å². The highest BCUT2D eigenvalue weighted by atomic mass is 16.6. The predicted molar refractivity (Wildman–Crippen MR) is 91.3 cm³/mol. The molecule has 0 fully saturated rings. The van der Waals surface area contributed by atoms with Gasteiger partial charge in [0.25, 0.3) is 0 Å². The highest BCUT2D eigenvalue weighted by Crippen LogP contribution is 2.33. The van der Waals surface area contributed by atoms with Crippen molar-refractivity contribution < 1.29 is 4.92 Å². The molecule has 0 saturated carbocycles. The van der Waals surface area contributed by atoms with E-state index in [4.69, 9.17) is 0 Å². The minimum atomic E-state index is -0.471. The van der Waals surface area contributed by atoms with Crippen molar-refractivity contribution in [3.63, 3.8) is 0 Å². The fourth-order valence-electron chi connectivity index (χ4n) is 2.10. The second-order valence-electron chi connectivity index (χ2n) is 6.42. The van der Waals surface area contributed by atoms with Crippen LogP contribution in [0.2, 0.25) is 0 Å². The molecule has 122 valence electrons. The quantitative estimate of drug-likeness (QED) is 0.655. The number of anilines is 3. The number of nitro groups is 1. The van der Waals surface area contributed by atoms with Crippen LogP contribution in [0.25, 0.3) is 0 Å². The number of hydrogen-bond donors (Lipinski definition) is 2.